The number of benzene rings is 1. The van der Waals surface area contributed by atoms with Gasteiger partial charge in [0.1, 0.15) is 5.82 Å². The van der Waals surface area contributed by atoms with E-state index in [1.807, 2.05) is 12.1 Å². The maximum Gasteiger partial charge on any atom is 0.191 e. The van der Waals surface area contributed by atoms with Crippen LogP contribution < -0.4 is 10.6 Å². The lowest BCUT2D eigenvalue weighted by Gasteiger charge is -2.36. The molecule has 2 N–H and O–H groups in total. The maximum absolute atomic E-state index is 12.9. The summed E-state index contributed by atoms with van der Waals surface area (Å²) in [5.74, 6) is 1.24. The van der Waals surface area contributed by atoms with Crippen molar-refractivity contribution in [2.45, 2.75) is 19.3 Å². The van der Waals surface area contributed by atoms with E-state index in [1.165, 1.54) is 31.4 Å². The molecule has 122 valence electrons. The van der Waals surface area contributed by atoms with E-state index in [0.717, 1.165) is 44.3 Å². The van der Waals surface area contributed by atoms with Crippen LogP contribution >= 0.6 is 24.0 Å². The molecule has 4 nitrogen and oxygen atoms in total. The number of nitrogens with zero attached hydrogens (tertiary/aromatic N) is 3. The number of hydrogen-bond donors (Lipinski definition) is 1. The quantitative estimate of drug-likeness (QED) is 0.467. The summed E-state index contributed by atoms with van der Waals surface area (Å²) < 4.78 is 12.9. The fraction of sp³-hybridized carbons (Fsp3) is 0.562. The maximum atomic E-state index is 12.9. The summed E-state index contributed by atoms with van der Waals surface area (Å²) in [7, 11) is 0. The Morgan fingerprint density at radius 2 is 1.77 bits per heavy atom. The summed E-state index contributed by atoms with van der Waals surface area (Å²) in [6.07, 6.45) is 3.95. The highest BCUT2D eigenvalue weighted by Crippen LogP contribution is 2.26. The van der Waals surface area contributed by atoms with Gasteiger partial charge in [0.05, 0.1) is 0 Å². The van der Waals surface area contributed by atoms with E-state index in [4.69, 9.17) is 5.73 Å². The van der Waals surface area contributed by atoms with Gasteiger partial charge in [0.25, 0.3) is 0 Å². The molecule has 0 spiro atoms. The lowest BCUT2D eigenvalue weighted by molar-refractivity contribution is 0.322. The van der Waals surface area contributed by atoms with E-state index in [0.29, 0.717) is 5.96 Å². The lowest BCUT2D eigenvalue weighted by atomic mass is 9.86. The van der Waals surface area contributed by atoms with E-state index < -0.39 is 0 Å². The molecule has 1 saturated carbocycles. The predicted octanol–water partition coefficient (Wildman–Crippen LogP) is 2.68. The lowest BCUT2D eigenvalue weighted by Crippen LogP contribution is -2.51. The van der Waals surface area contributed by atoms with Crippen molar-refractivity contribution in [1.82, 2.24) is 4.90 Å². The molecule has 1 aliphatic heterocycles. The minimum Gasteiger partial charge on any atom is -0.370 e. The molecule has 0 radical (unpaired) electrons. The van der Waals surface area contributed by atoms with Crippen LogP contribution in [-0.2, 0) is 0 Å². The second kappa shape index (κ2) is 7.99. The normalized spacial score (nSPS) is 19.6. The first-order valence-corrected chi connectivity index (χ1v) is 7.78. The highest BCUT2D eigenvalue weighted by atomic mass is 127. The number of nitrogens with two attached hydrogens (primary N) is 1. The van der Waals surface area contributed by atoms with Crippen LogP contribution in [0.15, 0.2) is 29.3 Å². The van der Waals surface area contributed by atoms with Crippen molar-refractivity contribution in [3.8, 4) is 0 Å². The van der Waals surface area contributed by atoms with Crippen LogP contribution in [0.2, 0.25) is 0 Å². The molecule has 0 amide bonds. The summed E-state index contributed by atoms with van der Waals surface area (Å²) in [5, 5.41) is 0. The molecule has 1 aromatic carbocycles. The molecule has 2 fully saturated rings. The zero-order valence-corrected chi connectivity index (χ0v) is 15.1. The van der Waals surface area contributed by atoms with E-state index in [-0.39, 0.29) is 29.8 Å². The minimum atomic E-state index is -0.190. The second-order valence-electron chi connectivity index (χ2n) is 5.95. The Balaban J connectivity index is 0.00000176. The van der Waals surface area contributed by atoms with E-state index in [9.17, 15) is 4.39 Å². The smallest absolute Gasteiger partial charge is 0.191 e. The van der Waals surface area contributed by atoms with Crippen molar-refractivity contribution in [1.29, 1.82) is 0 Å². The van der Waals surface area contributed by atoms with Gasteiger partial charge in [0.15, 0.2) is 5.96 Å². The fourth-order valence-corrected chi connectivity index (χ4v) is 2.84. The Kier molecular flexibility index (Phi) is 6.28. The number of rotatable bonds is 3. The summed E-state index contributed by atoms with van der Waals surface area (Å²) >= 11 is 0. The van der Waals surface area contributed by atoms with E-state index in [1.54, 1.807) is 0 Å². The summed E-state index contributed by atoms with van der Waals surface area (Å²) in [6, 6.07) is 6.68. The van der Waals surface area contributed by atoms with E-state index >= 15 is 0 Å². The van der Waals surface area contributed by atoms with Crippen LogP contribution in [0.5, 0.6) is 0 Å². The number of hydrogen-bond acceptors (Lipinski definition) is 2. The fourth-order valence-electron chi connectivity index (χ4n) is 2.84. The van der Waals surface area contributed by atoms with Crippen molar-refractivity contribution in [3.05, 3.63) is 30.1 Å². The average Bonchev–Trinajstić information content (AvgIpc) is 2.46. The number of piperazine rings is 1. The zero-order valence-electron chi connectivity index (χ0n) is 12.7. The molecule has 3 rings (SSSR count). The largest absolute Gasteiger partial charge is 0.370 e. The summed E-state index contributed by atoms with van der Waals surface area (Å²) in [4.78, 5) is 8.94. The van der Waals surface area contributed by atoms with E-state index in [2.05, 4.69) is 14.8 Å². The zero-order chi connectivity index (χ0) is 14.7. The first-order chi connectivity index (χ1) is 10.2. The minimum absolute atomic E-state index is 0. The molecule has 1 saturated heterocycles. The topological polar surface area (TPSA) is 44.9 Å². The Bertz CT molecular complexity index is 493. The number of guanidine groups is 1. The molecular weight excluding hydrogens is 394 g/mol. The van der Waals surface area contributed by atoms with Crippen LogP contribution in [-0.4, -0.2) is 43.6 Å². The van der Waals surface area contributed by atoms with Crippen molar-refractivity contribution >= 4 is 35.6 Å². The van der Waals surface area contributed by atoms with Gasteiger partial charge >= 0.3 is 0 Å². The molecule has 6 heteroatoms. The molecule has 1 aromatic rings. The Hall–Kier alpha value is -1.05. The first-order valence-electron chi connectivity index (χ1n) is 7.78. The monoisotopic (exact) mass is 418 g/mol. The number of halogens is 2. The Morgan fingerprint density at radius 1 is 1.14 bits per heavy atom. The van der Waals surface area contributed by atoms with Gasteiger partial charge in [-0.1, -0.05) is 6.42 Å². The highest BCUT2D eigenvalue weighted by molar-refractivity contribution is 14.0. The summed E-state index contributed by atoms with van der Waals surface area (Å²) in [6.45, 7) is 4.41. The van der Waals surface area contributed by atoms with Gasteiger partial charge in [-0.25, -0.2) is 4.39 Å². The molecule has 22 heavy (non-hydrogen) atoms. The standard InChI is InChI=1S/C16H23FN4.HI/c17-14-4-6-15(7-5-14)20-8-10-21(11-9-20)16(18)19-12-13-2-1-3-13;/h4-7,13H,1-3,8-12H2,(H2,18,19);1H. The third-order valence-corrected chi connectivity index (χ3v) is 4.53. The van der Waals surface area contributed by atoms with Crippen molar-refractivity contribution < 1.29 is 4.39 Å². The van der Waals surface area contributed by atoms with Crippen molar-refractivity contribution in [2.75, 3.05) is 37.6 Å². The SMILES string of the molecule is I.NC(=NCC1CCC1)N1CCN(c2ccc(F)cc2)CC1. The third-order valence-electron chi connectivity index (χ3n) is 4.53. The molecule has 0 unspecified atom stereocenters. The predicted molar refractivity (Wildman–Crippen MR) is 99.4 cm³/mol. The molecular formula is C16H24FIN4. The van der Waals surface area contributed by atoms with Gasteiger partial charge in [-0.3, -0.25) is 4.99 Å². The number of anilines is 1. The molecule has 0 bridgehead atoms. The van der Waals surface area contributed by atoms with Gasteiger partial charge in [-0.2, -0.15) is 0 Å². The van der Waals surface area contributed by atoms with Gasteiger partial charge in [0.2, 0.25) is 0 Å². The van der Waals surface area contributed by atoms with Gasteiger partial charge in [-0.05, 0) is 43.0 Å². The van der Waals surface area contributed by atoms with Crippen LogP contribution in [0.3, 0.4) is 0 Å². The van der Waals surface area contributed by atoms with Crippen LogP contribution in [0.4, 0.5) is 10.1 Å². The van der Waals surface area contributed by atoms with Crippen molar-refractivity contribution in [3.63, 3.8) is 0 Å². The number of aliphatic imine (C=N–C) groups is 1. The Labute approximate surface area is 148 Å². The van der Waals surface area contributed by atoms with Crippen LogP contribution in [0.1, 0.15) is 19.3 Å². The highest BCUT2D eigenvalue weighted by Gasteiger charge is 2.20. The van der Waals surface area contributed by atoms with Crippen molar-refractivity contribution in [2.24, 2.45) is 16.6 Å². The average molecular weight is 418 g/mol. The molecule has 1 heterocycles. The molecule has 0 aromatic heterocycles. The summed E-state index contributed by atoms with van der Waals surface area (Å²) in [5.41, 5.74) is 7.16. The second-order valence-corrected chi connectivity index (χ2v) is 5.95. The third kappa shape index (κ3) is 4.24. The molecule has 0 atom stereocenters. The van der Waals surface area contributed by atoms with Crippen LogP contribution in [0.25, 0.3) is 0 Å². The van der Waals surface area contributed by atoms with Gasteiger partial charge < -0.3 is 15.5 Å². The first kappa shape index (κ1) is 17.3. The molecule has 1 aliphatic carbocycles. The van der Waals surface area contributed by atoms with Crippen LogP contribution in [0, 0.1) is 11.7 Å². The Morgan fingerprint density at radius 3 is 2.32 bits per heavy atom. The molecule has 2 aliphatic rings. The van der Waals surface area contributed by atoms with Gasteiger partial charge in [-0.15, -0.1) is 24.0 Å². The van der Waals surface area contributed by atoms with Gasteiger partial charge in [0, 0.05) is 38.4 Å².